The van der Waals surface area contributed by atoms with Crippen LogP contribution < -0.4 is 10.1 Å². The van der Waals surface area contributed by atoms with Gasteiger partial charge < -0.3 is 14.8 Å². The van der Waals surface area contributed by atoms with Crippen LogP contribution in [0.15, 0.2) is 18.2 Å². The Morgan fingerprint density at radius 2 is 2.24 bits per heavy atom. The zero-order valence-electron chi connectivity index (χ0n) is 12.7. The van der Waals surface area contributed by atoms with Crippen LogP contribution in [0, 0.1) is 17.0 Å². The maximum atomic E-state index is 10.8. The minimum atomic E-state index is -0.384. The number of hydrogen-bond acceptors (Lipinski definition) is 5. The summed E-state index contributed by atoms with van der Waals surface area (Å²) in [6.45, 7) is 4.81. The molecule has 0 bridgehead atoms. The lowest BCUT2D eigenvalue weighted by molar-refractivity contribution is -0.385. The van der Waals surface area contributed by atoms with Crippen LogP contribution in [0.1, 0.15) is 25.3 Å². The van der Waals surface area contributed by atoms with Crippen LogP contribution in [0.4, 0.5) is 5.69 Å². The van der Waals surface area contributed by atoms with Gasteiger partial charge >= 0.3 is 0 Å². The molecule has 0 spiro atoms. The molecule has 6 heteroatoms. The predicted molar refractivity (Wildman–Crippen MR) is 79.7 cm³/mol. The molecule has 1 N–H and O–H groups in total. The average molecular weight is 294 g/mol. The molecule has 6 nitrogen and oxygen atoms in total. The largest absolute Gasteiger partial charge is 0.488 e. The van der Waals surface area contributed by atoms with Crippen molar-refractivity contribution >= 4 is 5.69 Å². The summed E-state index contributed by atoms with van der Waals surface area (Å²) in [5.74, 6) is 0.652. The van der Waals surface area contributed by atoms with Crippen LogP contribution >= 0.6 is 0 Å². The molecule has 1 aromatic rings. The molecule has 0 aliphatic heterocycles. The number of nitro benzene ring substituents is 1. The Kier molecular flexibility index (Phi) is 5.14. The third-order valence-corrected chi connectivity index (χ3v) is 3.83. The van der Waals surface area contributed by atoms with E-state index in [0.29, 0.717) is 17.4 Å². The highest BCUT2D eigenvalue weighted by molar-refractivity contribution is 5.44. The zero-order valence-corrected chi connectivity index (χ0v) is 12.7. The third kappa shape index (κ3) is 3.51. The summed E-state index contributed by atoms with van der Waals surface area (Å²) in [4.78, 5) is 10.4. The number of aryl methyl sites for hydroxylation is 1. The van der Waals surface area contributed by atoms with Crippen LogP contribution in [-0.4, -0.2) is 36.8 Å². The van der Waals surface area contributed by atoms with Crippen molar-refractivity contribution in [1.29, 1.82) is 0 Å². The first-order chi connectivity index (χ1) is 10.1. The first-order valence-corrected chi connectivity index (χ1v) is 7.24. The van der Waals surface area contributed by atoms with Crippen LogP contribution in [0.3, 0.4) is 0 Å². The first-order valence-electron chi connectivity index (χ1n) is 7.24. The van der Waals surface area contributed by atoms with E-state index in [2.05, 4.69) is 12.2 Å². The molecular formula is C15H22N2O4. The number of benzene rings is 1. The lowest BCUT2D eigenvalue weighted by Gasteiger charge is -2.43. The van der Waals surface area contributed by atoms with Gasteiger partial charge in [-0.2, -0.15) is 0 Å². The van der Waals surface area contributed by atoms with Crippen molar-refractivity contribution in [3.63, 3.8) is 0 Å². The summed E-state index contributed by atoms with van der Waals surface area (Å²) < 4.78 is 11.4. The number of rotatable bonds is 7. The number of nitrogens with zero attached hydrogens (tertiary/aromatic N) is 1. The molecule has 0 amide bonds. The lowest BCUT2D eigenvalue weighted by Crippen LogP contribution is -2.61. The van der Waals surface area contributed by atoms with Gasteiger partial charge in [0.25, 0.3) is 5.69 Å². The molecule has 0 aromatic heterocycles. The molecule has 2 rings (SSSR count). The Morgan fingerprint density at radius 3 is 2.81 bits per heavy atom. The smallest absolute Gasteiger partial charge is 0.272 e. The topological polar surface area (TPSA) is 73.6 Å². The molecule has 0 saturated heterocycles. The van der Waals surface area contributed by atoms with E-state index in [4.69, 9.17) is 9.47 Å². The van der Waals surface area contributed by atoms with Gasteiger partial charge in [-0.15, -0.1) is 0 Å². The standard InChI is InChI=1S/C15H22N2O4/c1-4-7-16-12-9-14(15(12)20-3)21-11-5-6-13(17(18)19)10(2)8-11/h5-6,8,12,14-16H,4,7,9H2,1-3H3. The van der Waals surface area contributed by atoms with Crippen LogP contribution in [0.25, 0.3) is 0 Å². The third-order valence-electron chi connectivity index (χ3n) is 3.83. The van der Waals surface area contributed by atoms with E-state index in [9.17, 15) is 10.1 Å². The zero-order chi connectivity index (χ0) is 15.4. The number of ether oxygens (including phenoxy) is 2. The Balaban J connectivity index is 1.96. The Morgan fingerprint density at radius 1 is 1.48 bits per heavy atom. The Labute approximate surface area is 124 Å². The van der Waals surface area contributed by atoms with Crippen molar-refractivity contribution < 1.29 is 14.4 Å². The fourth-order valence-electron chi connectivity index (χ4n) is 2.62. The van der Waals surface area contributed by atoms with Crippen molar-refractivity contribution in [2.75, 3.05) is 13.7 Å². The van der Waals surface area contributed by atoms with Gasteiger partial charge in [0.2, 0.25) is 0 Å². The molecule has 116 valence electrons. The number of hydrogen-bond donors (Lipinski definition) is 1. The predicted octanol–water partition coefficient (Wildman–Crippen LogP) is 2.44. The highest BCUT2D eigenvalue weighted by atomic mass is 16.6. The molecule has 0 heterocycles. The maximum absolute atomic E-state index is 10.8. The number of methoxy groups -OCH3 is 1. The van der Waals surface area contributed by atoms with Crippen LogP contribution in [0.5, 0.6) is 5.75 Å². The van der Waals surface area contributed by atoms with E-state index in [1.54, 1.807) is 26.2 Å². The number of nitrogens with one attached hydrogen (secondary N) is 1. The average Bonchev–Trinajstić information content (AvgIpc) is 2.42. The van der Waals surface area contributed by atoms with Crippen molar-refractivity contribution in [2.45, 2.75) is 44.9 Å². The molecular weight excluding hydrogens is 272 g/mol. The molecule has 1 saturated carbocycles. The molecule has 1 fully saturated rings. The van der Waals surface area contributed by atoms with Gasteiger partial charge in [-0.3, -0.25) is 10.1 Å². The summed E-state index contributed by atoms with van der Waals surface area (Å²) in [5, 5.41) is 14.2. The van der Waals surface area contributed by atoms with Gasteiger partial charge in [0.15, 0.2) is 0 Å². The van der Waals surface area contributed by atoms with Gasteiger partial charge in [-0.25, -0.2) is 0 Å². The lowest BCUT2D eigenvalue weighted by atomic mass is 9.85. The quantitative estimate of drug-likeness (QED) is 0.617. The second-order valence-electron chi connectivity index (χ2n) is 5.36. The maximum Gasteiger partial charge on any atom is 0.272 e. The van der Waals surface area contributed by atoms with Crippen molar-refractivity contribution in [2.24, 2.45) is 0 Å². The Bertz CT molecular complexity index is 506. The highest BCUT2D eigenvalue weighted by Gasteiger charge is 2.42. The van der Waals surface area contributed by atoms with E-state index >= 15 is 0 Å². The molecule has 3 atom stereocenters. The van der Waals surface area contributed by atoms with E-state index in [-0.39, 0.29) is 22.8 Å². The summed E-state index contributed by atoms with van der Waals surface area (Å²) in [7, 11) is 1.68. The molecule has 1 aromatic carbocycles. The minimum Gasteiger partial charge on any atom is -0.488 e. The number of nitro groups is 1. The van der Waals surface area contributed by atoms with Gasteiger partial charge in [0.05, 0.1) is 4.92 Å². The second kappa shape index (κ2) is 6.87. The summed E-state index contributed by atoms with van der Waals surface area (Å²) >= 11 is 0. The monoisotopic (exact) mass is 294 g/mol. The molecule has 3 unspecified atom stereocenters. The fourth-order valence-corrected chi connectivity index (χ4v) is 2.62. The van der Waals surface area contributed by atoms with Gasteiger partial charge in [0, 0.05) is 31.2 Å². The molecule has 21 heavy (non-hydrogen) atoms. The van der Waals surface area contributed by atoms with Crippen molar-refractivity contribution in [3.05, 3.63) is 33.9 Å². The minimum absolute atomic E-state index is 0.00906. The Hall–Kier alpha value is -1.66. The van der Waals surface area contributed by atoms with Crippen molar-refractivity contribution in [3.8, 4) is 5.75 Å². The van der Waals surface area contributed by atoms with Gasteiger partial charge in [-0.1, -0.05) is 6.92 Å². The molecule has 1 aliphatic rings. The molecule has 1 aliphatic carbocycles. The van der Waals surface area contributed by atoms with E-state index in [1.807, 2.05) is 0 Å². The highest BCUT2D eigenvalue weighted by Crippen LogP contribution is 2.30. The summed E-state index contributed by atoms with van der Waals surface area (Å²) in [6, 6.07) is 5.15. The normalized spacial score (nSPS) is 24.4. The second-order valence-corrected chi connectivity index (χ2v) is 5.36. The van der Waals surface area contributed by atoms with Gasteiger partial charge in [0.1, 0.15) is 18.0 Å². The fraction of sp³-hybridized carbons (Fsp3) is 0.600. The van der Waals surface area contributed by atoms with E-state index in [0.717, 1.165) is 19.4 Å². The van der Waals surface area contributed by atoms with Crippen LogP contribution in [0.2, 0.25) is 0 Å². The van der Waals surface area contributed by atoms with E-state index in [1.165, 1.54) is 6.07 Å². The van der Waals surface area contributed by atoms with Crippen LogP contribution in [-0.2, 0) is 4.74 Å². The van der Waals surface area contributed by atoms with E-state index < -0.39 is 0 Å². The van der Waals surface area contributed by atoms with Gasteiger partial charge in [-0.05, 0) is 32.0 Å². The SMILES string of the molecule is CCCNC1CC(Oc2ccc([N+](=O)[O-])c(C)c2)C1OC. The summed E-state index contributed by atoms with van der Waals surface area (Å²) in [5.41, 5.74) is 0.716. The van der Waals surface area contributed by atoms with Crippen molar-refractivity contribution in [1.82, 2.24) is 5.32 Å². The summed E-state index contributed by atoms with van der Waals surface area (Å²) in [6.07, 6.45) is 1.98. The molecule has 0 radical (unpaired) electrons. The first kappa shape index (κ1) is 15.7.